The number of nitrogens with zero attached hydrogens (tertiary/aromatic N) is 1. The molecule has 0 spiro atoms. The third-order valence-corrected chi connectivity index (χ3v) is 2.65. The van der Waals surface area contributed by atoms with Crippen LogP contribution in [-0.4, -0.2) is 25.3 Å². The lowest BCUT2D eigenvalue weighted by atomic mass is 10.1. The van der Waals surface area contributed by atoms with Gasteiger partial charge in [-0.25, -0.2) is 0 Å². The second-order valence-electron chi connectivity index (χ2n) is 3.37. The molecule has 0 unspecified atom stereocenters. The second kappa shape index (κ2) is 4.63. The number of carbonyl (C=O) groups is 1. The van der Waals surface area contributed by atoms with E-state index in [0.717, 1.165) is 0 Å². The summed E-state index contributed by atoms with van der Waals surface area (Å²) in [6, 6.07) is 3.29. The Labute approximate surface area is 102 Å². The predicted octanol–water partition coefficient (Wildman–Crippen LogP) is 2.21. The first-order valence-corrected chi connectivity index (χ1v) is 5.22. The number of halogens is 1. The largest absolute Gasteiger partial charge is 0.495 e. The van der Waals surface area contributed by atoms with E-state index in [4.69, 9.17) is 20.9 Å². The number of ether oxygens (including phenoxy) is 2. The van der Waals surface area contributed by atoms with E-state index < -0.39 is 0 Å². The van der Waals surface area contributed by atoms with E-state index in [1.165, 1.54) is 14.2 Å². The summed E-state index contributed by atoms with van der Waals surface area (Å²) in [4.78, 5) is 11.2. The summed E-state index contributed by atoms with van der Waals surface area (Å²) < 4.78 is 14.7. The molecule has 0 saturated carbocycles. The van der Waals surface area contributed by atoms with Crippen molar-refractivity contribution >= 4 is 28.5 Å². The fourth-order valence-corrected chi connectivity index (χ4v) is 1.72. The average Bonchev–Trinajstić information content (AvgIpc) is 2.70. The van der Waals surface area contributed by atoms with Crippen LogP contribution in [0.5, 0.6) is 5.75 Å². The van der Waals surface area contributed by atoms with Gasteiger partial charge < -0.3 is 14.0 Å². The van der Waals surface area contributed by atoms with Crippen molar-refractivity contribution < 1.29 is 18.8 Å². The molecule has 90 valence electrons. The smallest absolute Gasteiger partial charge is 0.311 e. The normalized spacial score (nSPS) is 10.5. The van der Waals surface area contributed by atoms with E-state index in [0.29, 0.717) is 27.4 Å². The monoisotopic (exact) mass is 255 g/mol. The number of hydrogen-bond acceptors (Lipinski definition) is 5. The maximum absolute atomic E-state index is 11.2. The molecule has 0 aliphatic heterocycles. The summed E-state index contributed by atoms with van der Waals surface area (Å²) in [6.45, 7) is 0. The Morgan fingerprint density at radius 3 is 2.88 bits per heavy atom. The lowest BCUT2D eigenvalue weighted by molar-refractivity contribution is -0.139. The van der Waals surface area contributed by atoms with E-state index in [9.17, 15) is 4.79 Å². The molecule has 0 bridgehead atoms. The number of rotatable bonds is 3. The highest BCUT2D eigenvalue weighted by atomic mass is 35.5. The van der Waals surface area contributed by atoms with Crippen molar-refractivity contribution in [3.05, 3.63) is 22.8 Å². The number of hydrogen-bond donors (Lipinski definition) is 0. The van der Waals surface area contributed by atoms with Gasteiger partial charge in [-0.3, -0.25) is 4.79 Å². The summed E-state index contributed by atoms with van der Waals surface area (Å²) in [6.07, 6.45) is 0.0478. The van der Waals surface area contributed by atoms with Gasteiger partial charge in [0, 0.05) is 11.5 Å². The van der Waals surface area contributed by atoms with Crippen LogP contribution < -0.4 is 4.74 Å². The highest BCUT2D eigenvalue weighted by Gasteiger charge is 2.15. The molecule has 5 nitrogen and oxygen atoms in total. The van der Waals surface area contributed by atoms with Crippen LogP contribution in [0.25, 0.3) is 11.0 Å². The average molecular weight is 256 g/mol. The Morgan fingerprint density at radius 2 is 2.24 bits per heavy atom. The fraction of sp³-hybridized carbons (Fsp3) is 0.273. The van der Waals surface area contributed by atoms with Crippen LogP contribution in [0.1, 0.15) is 5.69 Å². The van der Waals surface area contributed by atoms with Crippen LogP contribution in [0, 0.1) is 0 Å². The lowest BCUT2D eigenvalue weighted by Gasteiger charge is -2.01. The van der Waals surface area contributed by atoms with Crippen LogP contribution in [-0.2, 0) is 16.0 Å². The molecule has 0 aliphatic rings. The van der Waals surface area contributed by atoms with Gasteiger partial charge in [0.05, 0.1) is 25.7 Å². The van der Waals surface area contributed by atoms with Crippen molar-refractivity contribution in [1.29, 1.82) is 0 Å². The van der Waals surface area contributed by atoms with E-state index in [2.05, 4.69) is 9.89 Å². The fourth-order valence-electron chi connectivity index (χ4n) is 1.48. The molecule has 0 saturated heterocycles. The third kappa shape index (κ3) is 2.19. The van der Waals surface area contributed by atoms with Gasteiger partial charge in [0.25, 0.3) is 0 Å². The lowest BCUT2D eigenvalue weighted by Crippen LogP contribution is -2.04. The zero-order valence-electron chi connectivity index (χ0n) is 9.32. The minimum absolute atomic E-state index is 0.0478. The Balaban J connectivity index is 2.46. The zero-order valence-corrected chi connectivity index (χ0v) is 10.1. The molecule has 1 aromatic heterocycles. The van der Waals surface area contributed by atoms with Gasteiger partial charge in [-0.05, 0) is 6.07 Å². The highest BCUT2D eigenvalue weighted by Crippen LogP contribution is 2.31. The molecular formula is C11H10ClNO4. The second-order valence-corrected chi connectivity index (χ2v) is 3.77. The summed E-state index contributed by atoms with van der Waals surface area (Å²) in [5.41, 5.74) is 1.02. The molecule has 2 aromatic rings. The molecule has 0 atom stereocenters. The third-order valence-electron chi connectivity index (χ3n) is 2.36. The van der Waals surface area contributed by atoms with Gasteiger partial charge >= 0.3 is 5.97 Å². The number of carbonyl (C=O) groups excluding carboxylic acids is 1. The van der Waals surface area contributed by atoms with Crippen LogP contribution in [0.3, 0.4) is 0 Å². The van der Waals surface area contributed by atoms with E-state index in [1.807, 2.05) is 0 Å². The van der Waals surface area contributed by atoms with Crippen LogP contribution in [0.2, 0.25) is 5.02 Å². The minimum atomic E-state index is -0.382. The maximum atomic E-state index is 11.2. The molecule has 0 fully saturated rings. The molecule has 2 rings (SSSR count). The van der Waals surface area contributed by atoms with Gasteiger partial charge in [-0.1, -0.05) is 16.8 Å². The Hall–Kier alpha value is -1.75. The highest BCUT2D eigenvalue weighted by molar-refractivity contribution is 6.32. The molecular weight excluding hydrogens is 246 g/mol. The molecule has 0 N–H and O–H groups in total. The number of esters is 1. The van der Waals surface area contributed by atoms with Crippen molar-refractivity contribution in [2.75, 3.05) is 14.2 Å². The van der Waals surface area contributed by atoms with Gasteiger partial charge in [-0.2, -0.15) is 0 Å². The van der Waals surface area contributed by atoms with Crippen molar-refractivity contribution in [2.24, 2.45) is 0 Å². The van der Waals surface area contributed by atoms with Crippen LogP contribution in [0.15, 0.2) is 16.7 Å². The van der Waals surface area contributed by atoms with Gasteiger partial charge in [0.15, 0.2) is 5.58 Å². The summed E-state index contributed by atoms with van der Waals surface area (Å²) in [5.74, 6) is 0.118. The maximum Gasteiger partial charge on any atom is 0.311 e. The molecule has 17 heavy (non-hydrogen) atoms. The Kier molecular flexibility index (Phi) is 3.19. The van der Waals surface area contributed by atoms with E-state index >= 15 is 0 Å². The predicted molar refractivity (Wildman–Crippen MR) is 61.3 cm³/mol. The molecule has 1 aromatic carbocycles. The topological polar surface area (TPSA) is 61.6 Å². The van der Waals surface area contributed by atoms with Crippen molar-refractivity contribution in [2.45, 2.75) is 6.42 Å². The van der Waals surface area contributed by atoms with Crippen molar-refractivity contribution in [1.82, 2.24) is 5.16 Å². The van der Waals surface area contributed by atoms with E-state index in [1.54, 1.807) is 12.1 Å². The summed E-state index contributed by atoms with van der Waals surface area (Å²) >= 11 is 5.99. The summed E-state index contributed by atoms with van der Waals surface area (Å²) in [7, 11) is 2.83. The van der Waals surface area contributed by atoms with Gasteiger partial charge in [0.2, 0.25) is 0 Å². The number of aromatic nitrogens is 1. The first kappa shape index (κ1) is 11.7. The Bertz CT molecular complexity index is 564. The number of benzene rings is 1. The minimum Gasteiger partial charge on any atom is -0.495 e. The van der Waals surface area contributed by atoms with Crippen LogP contribution >= 0.6 is 11.6 Å². The zero-order chi connectivity index (χ0) is 12.4. The van der Waals surface area contributed by atoms with Gasteiger partial charge in [0.1, 0.15) is 11.4 Å². The standard InChI is InChI=1S/C11H10ClNO4/c1-15-10-5-9-6(3-7(10)12)8(13-17-9)4-11(14)16-2/h3,5H,4H2,1-2H3. The first-order valence-electron chi connectivity index (χ1n) is 4.84. The molecule has 0 aliphatic carbocycles. The quantitative estimate of drug-likeness (QED) is 0.787. The Morgan fingerprint density at radius 1 is 1.47 bits per heavy atom. The number of methoxy groups -OCH3 is 2. The number of fused-ring (bicyclic) bond motifs is 1. The molecule has 0 radical (unpaired) electrons. The SMILES string of the molecule is COC(=O)Cc1noc2cc(OC)c(Cl)cc12. The van der Waals surface area contributed by atoms with Gasteiger partial charge in [-0.15, -0.1) is 0 Å². The van der Waals surface area contributed by atoms with Crippen LogP contribution in [0.4, 0.5) is 0 Å². The molecule has 0 amide bonds. The van der Waals surface area contributed by atoms with Crippen molar-refractivity contribution in [3.63, 3.8) is 0 Å². The molecule has 1 heterocycles. The van der Waals surface area contributed by atoms with Crippen molar-refractivity contribution in [3.8, 4) is 5.75 Å². The first-order chi connectivity index (χ1) is 8.15. The van der Waals surface area contributed by atoms with E-state index in [-0.39, 0.29) is 12.4 Å². The molecule has 6 heteroatoms. The summed E-state index contributed by atoms with van der Waals surface area (Å²) in [5, 5.41) is 4.93.